The Labute approximate surface area is 132 Å². The molecule has 1 rings (SSSR count). The molecule has 0 saturated carbocycles. The summed E-state index contributed by atoms with van der Waals surface area (Å²) in [6, 6.07) is 8.56. The third kappa shape index (κ3) is 7.11. The van der Waals surface area contributed by atoms with Crippen LogP contribution >= 0.6 is 0 Å². The van der Waals surface area contributed by atoms with Crippen molar-refractivity contribution in [2.24, 2.45) is 5.92 Å². The second kappa shape index (κ2) is 9.07. The lowest BCUT2D eigenvalue weighted by Gasteiger charge is -2.23. The topological polar surface area (TPSA) is 81.3 Å². The Morgan fingerprint density at radius 2 is 1.73 bits per heavy atom. The molecule has 22 heavy (non-hydrogen) atoms. The molecule has 0 saturated heterocycles. The van der Waals surface area contributed by atoms with Gasteiger partial charge in [0.15, 0.2) is 0 Å². The predicted molar refractivity (Wildman–Crippen MR) is 84.1 cm³/mol. The lowest BCUT2D eigenvalue weighted by molar-refractivity contribution is -0.308. The molecule has 2 amide bonds. The van der Waals surface area contributed by atoms with Gasteiger partial charge in [-0.25, -0.2) is 4.79 Å². The zero-order valence-electron chi connectivity index (χ0n) is 13.5. The van der Waals surface area contributed by atoms with E-state index >= 15 is 0 Å². The van der Waals surface area contributed by atoms with Crippen molar-refractivity contribution in [1.29, 1.82) is 0 Å². The van der Waals surface area contributed by atoms with Crippen LogP contribution in [0.2, 0.25) is 0 Å². The summed E-state index contributed by atoms with van der Waals surface area (Å²) in [5.74, 6) is -1.08. The van der Waals surface area contributed by atoms with Gasteiger partial charge in [-0.05, 0) is 37.7 Å². The monoisotopic (exact) mass is 305 g/mol. The Kier molecular flexibility index (Phi) is 7.43. The molecule has 0 aliphatic rings. The van der Waals surface area contributed by atoms with Gasteiger partial charge in [-0.3, -0.25) is 0 Å². The first kappa shape index (κ1) is 18.0. The van der Waals surface area contributed by atoms with E-state index in [0.717, 1.165) is 12.8 Å². The van der Waals surface area contributed by atoms with E-state index in [9.17, 15) is 14.7 Å². The molecule has 0 radical (unpaired) electrons. The molecular weight excluding hydrogens is 280 g/mol. The van der Waals surface area contributed by atoms with E-state index in [1.165, 1.54) is 5.56 Å². The number of aryl methyl sites for hydroxylation is 1. The zero-order chi connectivity index (χ0) is 16.5. The highest BCUT2D eigenvalue weighted by atomic mass is 16.4. The molecule has 0 unspecified atom stereocenters. The van der Waals surface area contributed by atoms with Gasteiger partial charge in [-0.15, -0.1) is 0 Å². The normalized spacial score (nSPS) is 13.5. The van der Waals surface area contributed by atoms with E-state index in [0.29, 0.717) is 6.42 Å². The van der Waals surface area contributed by atoms with E-state index in [2.05, 4.69) is 10.6 Å². The van der Waals surface area contributed by atoms with E-state index in [-0.39, 0.29) is 12.0 Å². The van der Waals surface area contributed by atoms with Gasteiger partial charge in [0.2, 0.25) is 0 Å². The summed E-state index contributed by atoms with van der Waals surface area (Å²) in [6.45, 7) is 5.70. The van der Waals surface area contributed by atoms with Crippen molar-refractivity contribution in [3.63, 3.8) is 0 Å². The smallest absolute Gasteiger partial charge is 0.315 e. The molecular formula is C17H25N2O3-. The third-order valence-corrected chi connectivity index (χ3v) is 3.38. The molecule has 122 valence electrons. The van der Waals surface area contributed by atoms with Crippen LogP contribution in [-0.2, 0) is 11.2 Å². The van der Waals surface area contributed by atoms with E-state index in [4.69, 9.17) is 0 Å². The number of hydrogen-bond acceptors (Lipinski definition) is 3. The molecule has 2 atom stereocenters. The molecule has 1 aromatic carbocycles. The summed E-state index contributed by atoms with van der Waals surface area (Å²) < 4.78 is 0. The third-order valence-electron chi connectivity index (χ3n) is 3.38. The maximum Gasteiger partial charge on any atom is 0.315 e. The summed E-state index contributed by atoms with van der Waals surface area (Å²) in [5.41, 5.74) is 1.21. The molecule has 2 N–H and O–H groups in total. The molecule has 0 spiro atoms. The second-order valence-corrected chi connectivity index (χ2v) is 6.04. The maximum absolute atomic E-state index is 11.8. The minimum Gasteiger partial charge on any atom is -0.548 e. The Morgan fingerprint density at radius 3 is 2.27 bits per heavy atom. The SMILES string of the molecule is CC(C)C[C@H](NC(=O)N[C@@H](C)CCc1ccccc1)C(=O)[O-]. The van der Waals surface area contributed by atoms with Crippen molar-refractivity contribution in [1.82, 2.24) is 10.6 Å². The quantitative estimate of drug-likeness (QED) is 0.763. The number of nitrogens with one attached hydrogen (secondary N) is 2. The van der Waals surface area contributed by atoms with Crippen molar-refractivity contribution < 1.29 is 14.7 Å². The molecule has 1 aromatic rings. The van der Waals surface area contributed by atoms with Crippen molar-refractivity contribution in [3.8, 4) is 0 Å². The van der Waals surface area contributed by atoms with Gasteiger partial charge in [-0.1, -0.05) is 44.2 Å². The fourth-order valence-electron chi connectivity index (χ4n) is 2.21. The van der Waals surface area contributed by atoms with Crippen molar-refractivity contribution in [3.05, 3.63) is 35.9 Å². The van der Waals surface area contributed by atoms with Gasteiger partial charge >= 0.3 is 6.03 Å². The number of aliphatic carboxylic acids is 1. The van der Waals surface area contributed by atoms with Gasteiger partial charge in [-0.2, -0.15) is 0 Å². The Hall–Kier alpha value is -2.04. The average Bonchev–Trinajstić information content (AvgIpc) is 2.45. The van der Waals surface area contributed by atoms with Crippen LogP contribution in [0.5, 0.6) is 0 Å². The molecule has 0 aliphatic heterocycles. The summed E-state index contributed by atoms with van der Waals surface area (Å²) in [4.78, 5) is 22.9. The number of carboxylic acid groups (broad SMARTS) is 1. The van der Waals surface area contributed by atoms with Crippen LogP contribution in [0.3, 0.4) is 0 Å². The maximum atomic E-state index is 11.8. The number of benzene rings is 1. The first-order chi connectivity index (χ1) is 10.4. The van der Waals surface area contributed by atoms with E-state index in [1.807, 2.05) is 51.1 Å². The minimum absolute atomic E-state index is 0.0401. The summed E-state index contributed by atoms with van der Waals surface area (Å²) in [6.07, 6.45) is 2.00. The predicted octanol–water partition coefficient (Wildman–Crippen LogP) is 1.47. The van der Waals surface area contributed by atoms with E-state index in [1.54, 1.807) is 0 Å². The van der Waals surface area contributed by atoms with Crippen LogP contribution in [0.15, 0.2) is 30.3 Å². The van der Waals surface area contributed by atoms with Crippen LogP contribution in [0.25, 0.3) is 0 Å². The fraction of sp³-hybridized carbons (Fsp3) is 0.529. The molecule has 0 bridgehead atoms. The summed E-state index contributed by atoms with van der Waals surface area (Å²) in [7, 11) is 0. The summed E-state index contributed by atoms with van der Waals surface area (Å²) >= 11 is 0. The molecule has 0 aromatic heterocycles. The first-order valence-electron chi connectivity index (χ1n) is 7.70. The van der Waals surface area contributed by atoms with Crippen LogP contribution in [0.1, 0.15) is 39.2 Å². The van der Waals surface area contributed by atoms with Crippen molar-refractivity contribution in [2.75, 3.05) is 0 Å². The lowest BCUT2D eigenvalue weighted by atomic mass is 10.0. The highest BCUT2D eigenvalue weighted by Gasteiger charge is 2.16. The number of carboxylic acids is 1. The number of amides is 2. The number of carbonyl (C=O) groups excluding carboxylic acids is 2. The molecule has 0 fully saturated rings. The zero-order valence-corrected chi connectivity index (χ0v) is 13.5. The van der Waals surface area contributed by atoms with Crippen LogP contribution in [0.4, 0.5) is 4.79 Å². The van der Waals surface area contributed by atoms with Gasteiger partial charge in [0.05, 0.1) is 12.0 Å². The van der Waals surface area contributed by atoms with Crippen LogP contribution in [-0.4, -0.2) is 24.1 Å². The van der Waals surface area contributed by atoms with Gasteiger partial charge < -0.3 is 20.5 Å². The van der Waals surface area contributed by atoms with E-state index < -0.39 is 18.0 Å². The Balaban J connectivity index is 2.38. The Bertz CT molecular complexity index is 474. The van der Waals surface area contributed by atoms with Crippen LogP contribution in [0, 0.1) is 5.92 Å². The highest BCUT2D eigenvalue weighted by molar-refractivity contribution is 5.81. The lowest BCUT2D eigenvalue weighted by Crippen LogP contribution is -2.52. The van der Waals surface area contributed by atoms with Crippen molar-refractivity contribution >= 4 is 12.0 Å². The van der Waals surface area contributed by atoms with Crippen LogP contribution < -0.4 is 15.7 Å². The largest absolute Gasteiger partial charge is 0.548 e. The van der Waals surface area contributed by atoms with Gasteiger partial charge in [0.25, 0.3) is 0 Å². The first-order valence-corrected chi connectivity index (χ1v) is 7.70. The molecule has 0 heterocycles. The van der Waals surface area contributed by atoms with Gasteiger partial charge in [0, 0.05) is 6.04 Å². The molecule has 5 heteroatoms. The highest BCUT2D eigenvalue weighted by Crippen LogP contribution is 2.06. The number of rotatable bonds is 8. The fourth-order valence-corrected chi connectivity index (χ4v) is 2.21. The Morgan fingerprint density at radius 1 is 1.09 bits per heavy atom. The number of carbonyl (C=O) groups is 2. The van der Waals surface area contributed by atoms with Crippen molar-refractivity contribution in [2.45, 2.75) is 52.1 Å². The second-order valence-electron chi connectivity index (χ2n) is 6.04. The average molecular weight is 305 g/mol. The standard InChI is InChI=1S/C17H26N2O3/c1-12(2)11-15(16(20)21)19-17(22)18-13(3)9-10-14-7-5-4-6-8-14/h4-8,12-13,15H,9-11H2,1-3H3,(H,20,21)(H2,18,19,22)/p-1/t13-,15-/m0/s1. The number of hydrogen-bond donors (Lipinski definition) is 2. The van der Waals surface area contributed by atoms with Gasteiger partial charge in [0.1, 0.15) is 0 Å². The molecule has 5 nitrogen and oxygen atoms in total. The summed E-state index contributed by atoms with van der Waals surface area (Å²) in [5, 5.41) is 16.2. The molecule has 0 aliphatic carbocycles. The minimum atomic E-state index is -1.25. The number of urea groups is 1.